The topological polar surface area (TPSA) is 46.5 Å². The minimum atomic E-state index is -0.217. The first-order chi connectivity index (χ1) is 7.69. The monoisotopic (exact) mass is 222 g/mol. The van der Waals surface area contributed by atoms with Crippen LogP contribution in [0.15, 0.2) is 24.3 Å². The summed E-state index contributed by atoms with van der Waals surface area (Å²) in [5.74, 6) is -0.191. The Bertz CT molecular complexity index is 330. The fraction of sp³-hybridized carbons (Fsp3) is 0.462. The second-order valence-corrected chi connectivity index (χ2v) is 3.68. The maximum atomic E-state index is 11.7. The summed E-state index contributed by atoms with van der Waals surface area (Å²) in [6, 6.07) is 6.73. The van der Waals surface area contributed by atoms with Crippen LogP contribution in [0.3, 0.4) is 0 Å². The number of ether oxygens (including phenoxy) is 1. The van der Waals surface area contributed by atoms with Crippen LogP contribution in [0.4, 0.5) is 0 Å². The van der Waals surface area contributed by atoms with E-state index in [1.807, 2.05) is 6.92 Å². The molecule has 88 valence electrons. The van der Waals surface area contributed by atoms with Crippen molar-refractivity contribution >= 4 is 5.97 Å². The number of phenolic OH excluding ortho intramolecular Hbond substituents is 1. The zero-order valence-electron chi connectivity index (χ0n) is 9.77. The van der Waals surface area contributed by atoms with Crippen molar-refractivity contribution in [1.82, 2.24) is 0 Å². The van der Waals surface area contributed by atoms with E-state index < -0.39 is 0 Å². The molecule has 0 aromatic heterocycles. The molecule has 1 atom stereocenters. The highest BCUT2D eigenvalue weighted by Gasteiger charge is 2.20. The van der Waals surface area contributed by atoms with Gasteiger partial charge >= 0.3 is 5.97 Å². The molecule has 0 aliphatic rings. The molecule has 1 unspecified atom stereocenters. The Labute approximate surface area is 96.1 Å². The Morgan fingerprint density at radius 3 is 2.44 bits per heavy atom. The van der Waals surface area contributed by atoms with E-state index >= 15 is 0 Å². The van der Waals surface area contributed by atoms with E-state index in [4.69, 9.17) is 4.74 Å². The van der Waals surface area contributed by atoms with Crippen molar-refractivity contribution in [3.05, 3.63) is 29.8 Å². The van der Waals surface area contributed by atoms with Gasteiger partial charge in [-0.1, -0.05) is 25.5 Å². The van der Waals surface area contributed by atoms with Gasteiger partial charge in [0.2, 0.25) is 0 Å². The third kappa shape index (κ3) is 3.26. The van der Waals surface area contributed by atoms with Crippen LogP contribution >= 0.6 is 0 Å². The number of esters is 1. The maximum absolute atomic E-state index is 11.7. The largest absolute Gasteiger partial charge is 0.508 e. The Kier molecular flexibility index (Phi) is 4.83. The first-order valence-corrected chi connectivity index (χ1v) is 5.64. The number of phenols is 1. The normalized spacial score (nSPS) is 12.1. The van der Waals surface area contributed by atoms with Crippen LogP contribution in [0.25, 0.3) is 0 Å². The number of carbonyl (C=O) groups is 1. The molecule has 0 amide bonds. The van der Waals surface area contributed by atoms with E-state index in [0.29, 0.717) is 6.61 Å². The van der Waals surface area contributed by atoms with E-state index in [-0.39, 0.29) is 17.6 Å². The van der Waals surface area contributed by atoms with Crippen LogP contribution in [-0.2, 0) is 9.53 Å². The molecule has 0 fully saturated rings. The third-order valence-electron chi connectivity index (χ3n) is 2.44. The first-order valence-electron chi connectivity index (χ1n) is 5.64. The van der Waals surface area contributed by atoms with Gasteiger partial charge in [0, 0.05) is 0 Å². The summed E-state index contributed by atoms with van der Waals surface area (Å²) in [5.41, 5.74) is 0.901. The van der Waals surface area contributed by atoms with Crippen LogP contribution in [0.5, 0.6) is 5.75 Å². The van der Waals surface area contributed by atoms with Crippen molar-refractivity contribution in [3.63, 3.8) is 0 Å². The van der Waals surface area contributed by atoms with Gasteiger partial charge < -0.3 is 9.84 Å². The SMILES string of the molecule is CCCC(C(=O)OCC)c1ccc(O)cc1. The lowest BCUT2D eigenvalue weighted by Crippen LogP contribution is -2.15. The Morgan fingerprint density at radius 2 is 1.94 bits per heavy atom. The van der Waals surface area contributed by atoms with Gasteiger partial charge in [-0.3, -0.25) is 4.79 Å². The summed E-state index contributed by atoms with van der Waals surface area (Å²) in [4.78, 5) is 11.7. The Hall–Kier alpha value is -1.51. The van der Waals surface area contributed by atoms with E-state index in [0.717, 1.165) is 18.4 Å². The predicted molar refractivity (Wildman–Crippen MR) is 62.4 cm³/mol. The van der Waals surface area contributed by atoms with Crippen molar-refractivity contribution in [2.24, 2.45) is 0 Å². The summed E-state index contributed by atoms with van der Waals surface area (Å²) < 4.78 is 5.04. The smallest absolute Gasteiger partial charge is 0.313 e. The lowest BCUT2D eigenvalue weighted by atomic mass is 9.94. The summed E-state index contributed by atoms with van der Waals surface area (Å²) in [6.45, 7) is 4.24. The van der Waals surface area contributed by atoms with Gasteiger partial charge in [-0.05, 0) is 31.0 Å². The van der Waals surface area contributed by atoms with Gasteiger partial charge in [-0.25, -0.2) is 0 Å². The standard InChI is InChI=1S/C13H18O3/c1-3-5-12(13(15)16-4-2)10-6-8-11(14)9-7-10/h6-9,12,14H,3-5H2,1-2H3. The molecule has 1 aromatic carbocycles. The highest BCUT2D eigenvalue weighted by molar-refractivity contribution is 5.78. The second-order valence-electron chi connectivity index (χ2n) is 3.68. The van der Waals surface area contributed by atoms with Gasteiger partial charge in [0.05, 0.1) is 12.5 Å². The number of hydrogen-bond acceptors (Lipinski definition) is 3. The molecule has 0 bridgehead atoms. The fourth-order valence-corrected chi connectivity index (χ4v) is 1.66. The molecule has 1 aromatic rings. The van der Waals surface area contributed by atoms with Crippen LogP contribution in [-0.4, -0.2) is 17.7 Å². The van der Waals surface area contributed by atoms with Crippen molar-refractivity contribution in [3.8, 4) is 5.75 Å². The lowest BCUT2D eigenvalue weighted by Gasteiger charge is -2.15. The molecular formula is C13H18O3. The zero-order valence-corrected chi connectivity index (χ0v) is 9.77. The molecule has 0 radical (unpaired) electrons. The molecule has 0 saturated carbocycles. The van der Waals surface area contributed by atoms with Gasteiger partial charge in [0.25, 0.3) is 0 Å². The summed E-state index contributed by atoms with van der Waals surface area (Å²) in [7, 11) is 0. The van der Waals surface area contributed by atoms with Crippen LogP contribution < -0.4 is 0 Å². The van der Waals surface area contributed by atoms with Gasteiger partial charge in [0.15, 0.2) is 0 Å². The van der Waals surface area contributed by atoms with Gasteiger partial charge in [0.1, 0.15) is 5.75 Å². The maximum Gasteiger partial charge on any atom is 0.313 e. The molecule has 1 N–H and O–H groups in total. The molecular weight excluding hydrogens is 204 g/mol. The molecule has 0 spiro atoms. The van der Waals surface area contributed by atoms with Crippen molar-refractivity contribution in [2.75, 3.05) is 6.61 Å². The third-order valence-corrected chi connectivity index (χ3v) is 2.44. The molecule has 3 heteroatoms. The van der Waals surface area contributed by atoms with E-state index in [9.17, 15) is 9.90 Å². The molecule has 1 rings (SSSR count). The van der Waals surface area contributed by atoms with Crippen LogP contribution in [0.2, 0.25) is 0 Å². The Balaban J connectivity index is 2.84. The molecule has 0 aliphatic heterocycles. The van der Waals surface area contributed by atoms with Crippen molar-refractivity contribution in [1.29, 1.82) is 0 Å². The number of benzene rings is 1. The van der Waals surface area contributed by atoms with Crippen molar-refractivity contribution < 1.29 is 14.6 Å². The van der Waals surface area contributed by atoms with Crippen LogP contribution in [0.1, 0.15) is 38.2 Å². The van der Waals surface area contributed by atoms with Crippen molar-refractivity contribution in [2.45, 2.75) is 32.6 Å². The molecule has 3 nitrogen and oxygen atoms in total. The van der Waals surface area contributed by atoms with Gasteiger partial charge in [-0.2, -0.15) is 0 Å². The summed E-state index contributed by atoms with van der Waals surface area (Å²) in [6.07, 6.45) is 1.69. The van der Waals surface area contributed by atoms with E-state index in [1.165, 1.54) is 0 Å². The predicted octanol–water partition coefficient (Wildman–Crippen LogP) is 2.84. The summed E-state index contributed by atoms with van der Waals surface area (Å²) in [5, 5.41) is 9.19. The first kappa shape index (κ1) is 12.6. The quantitative estimate of drug-likeness (QED) is 0.779. The average molecular weight is 222 g/mol. The minimum Gasteiger partial charge on any atom is -0.508 e. The molecule has 0 saturated heterocycles. The second kappa shape index (κ2) is 6.16. The van der Waals surface area contributed by atoms with E-state index in [2.05, 4.69) is 0 Å². The number of hydrogen-bond donors (Lipinski definition) is 1. The summed E-state index contributed by atoms with van der Waals surface area (Å²) >= 11 is 0. The number of rotatable bonds is 5. The molecule has 0 heterocycles. The van der Waals surface area contributed by atoms with Crippen LogP contribution in [0, 0.1) is 0 Å². The minimum absolute atomic E-state index is 0.185. The Morgan fingerprint density at radius 1 is 1.31 bits per heavy atom. The van der Waals surface area contributed by atoms with Gasteiger partial charge in [-0.15, -0.1) is 0 Å². The zero-order chi connectivity index (χ0) is 12.0. The highest BCUT2D eigenvalue weighted by Crippen LogP contribution is 2.24. The van der Waals surface area contributed by atoms with E-state index in [1.54, 1.807) is 31.2 Å². The number of carbonyl (C=O) groups excluding carboxylic acids is 1. The number of aromatic hydroxyl groups is 1. The molecule has 0 aliphatic carbocycles. The average Bonchev–Trinajstić information content (AvgIpc) is 2.28. The fourth-order valence-electron chi connectivity index (χ4n) is 1.66. The molecule has 16 heavy (non-hydrogen) atoms. The highest BCUT2D eigenvalue weighted by atomic mass is 16.5. The lowest BCUT2D eigenvalue weighted by molar-refractivity contribution is -0.145.